The lowest BCUT2D eigenvalue weighted by Gasteiger charge is -2.11. The number of ether oxygens (including phenoxy) is 1. The molecule has 1 aromatic rings. The van der Waals surface area contributed by atoms with Crippen LogP contribution in [-0.4, -0.2) is 11.9 Å². The topological polar surface area (TPSA) is 26.3 Å². The van der Waals surface area contributed by atoms with Gasteiger partial charge in [-0.15, -0.1) is 0 Å². The third-order valence-electron chi connectivity index (χ3n) is 2.58. The molecule has 2 nitrogen and oxygen atoms in total. The lowest BCUT2D eigenvalue weighted by atomic mass is 10.0. The van der Waals surface area contributed by atoms with Gasteiger partial charge in [-0.3, -0.25) is 4.79 Å². The molecule has 0 amide bonds. The van der Waals surface area contributed by atoms with Gasteiger partial charge in [0, 0.05) is 17.4 Å². The Kier molecular flexibility index (Phi) is 2.70. The average Bonchev–Trinajstić information content (AvgIpc) is 2.58. The van der Waals surface area contributed by atoms with Crippen molar-refractivity contribution in [2.45, 2.75) is 26.4 Å². The van der Waals surface area contributed by atoms with Gasteiger partial charge in [-0.25, -0.2) is 0 Å². The molecule has 15 heavy (non-hydrogen) atoms. The molecule has 1 unspecified atom stereocenters. The maximum atomic E-state index is 11.7. The van der Waals surface area contributed by atoms with Gasteiger partial charge in [0.05, 0.1) is 0 Å². The number of hydrogen-bond acceptors (Lipinski definition) is 2. The van der Waals surface area contributed by atoms with E-state index in [0.29, 0.717) is 11.4 Å². The number of carbonyl (C=O) groups is 1. The number of fused-ring (bicyclic) bond motifs is 1. The smallest absolute Gasteiger partial charge is 0.176 e. The van der Waals surface area contributed by atoms with Crippen molar-refractivity contribution in [2.75, 3.05) is 0 Å². The summed E-state index contributed by atoms with van der Waals surface area (Å²) in [5.41, 5.74) is 1.03. The second-order valence-corrected chi connectivity index (χ2v) is 4.56. The van der Waals surface area contributed by atoms with Crippen molar-refractivity contribution in [3.63, 3.8) is 0 Å². The van der Waals surface area contributed by atoms with Crippen LogP contribution in [0, 0.1) is 5.92 Å². The van der Waals surface area contributed by atoms with Crippen molar-refractivity contribution >= 4 is 17.4 Å². The van der Waals surface area contributed by atoms with E-state index in [2.05, 4.69) is 0 Å². The van der Waals surface area contributed by atoms with E-state index >= 15 is 0 Å². The van der Waals surface area contributed by atoms with Crippen LogP contribution in [0.1, 0.15) is 19.4 Å². The van der Waals surface area contributed by atoms with Crippen LogP contribution in [0.15, 0.2) is 18.2 Å². The van der Waals surface area contributed by atoms with Crippen LogP contribution in [0.3, 0.4) is 0 Å². The van der Waals surface area contributed by atoms with Gasteiger partial charge in [-0.2, -0.15) is 0 Å². The molecular formula is C12H13ClO2. The van der Waals surface area contributed by atoms with Crippen LogP contribution in [0.25, 0.3) is 0 Å². The maximum absolute atomic E-state index is 11.7. The largest absolute Gasteiger partial charge is 0.482 e. The molecule has 0 N–H and O–H groups in total. The Hall–Kier alpha value is -1.02. The lowest BCUT2D eigenvalue weighted by Crippen LogP contribution is -2.29. The Morgan fingerprint density at radius 1 is 1.53 bits per heavy atom. The molecule has 1 aromatic carbocycles. The van der Waals surface area contributed by atoms with Crippen molar-refractivity contribution in [1.29, 1.82) is 0 Å². The quantitative estimate of drug-likeness (QED) is 0.772. The third kappa shape index (κ3) is 2.00. The van der Waals surface area contributed by atoms with Gasteiger partial charge in [0.25, 0.3) is 0 Å². The molecular weight excluding hydrogens is 212 g/mol. The summed E-state index contributed by atoms with van der Waals surface area (Å²) in [4.78, 5) is 11.7. The molecule has 1 aliphatic rings. The second-order valence-electron chi connectivity index (χ2n) is 4.12. The molecule has 3 heteroatoms. The highest BCUT2D eigenvalue weighted by Gasteiger charge is 2.30. The summed E-state index contributed by atoms with van der Waals surface area (Å²) in [5.74, 6) is 0.959. The molecule has 0 fully saturated rings. The molecule has 80 valence electrons. The number of carbonyl (C=O) groups excluding carboxylic acids is 1. The van der Waals surface area contributed by atoms with Gasteiger partial charge in [-0.1, -0.05) is 25.4 Å². The lowest BCUT2D eigenvalue weighted by molar-refractivity contribution is -0.128. The Morgan fingerprint density at radius 2 is 2.27 bits per heavy atom. The predicted molar refractivity (Wildman–Crippen MR) is 59.4 cm³/mol. The fourth-order valence-corrected chi connectivity index (χ4v) is 1.94. The fraction of sp³-hybridized carbons (Fsp3) is 0.417. The van der Waals surface area contributed by atoms with Gasteiger partial charge in [0.1, 0.15) is 5.75 Å². The minimum atomic E-state index is -0.321. The first-order valence-electron chi connectivity index (χ1n) is 5.06. The maximum Gasteiger partial charge on any atom is 0.176 e. The number of rotatable bonds is 2. The average molecular weight is 225 g/mol. The number of halogens is 1. The zero-order valence-electron chi connectivity index (χ0n) is 8.79. The normalized spacial score (nSPS) is 18.8. The second kappa shape index (κ2) is 3.86. The summed E-state index contributed by atoms with van der Waals surface area (Å²) in [7, 11) is 0. The molecule has 0 saturated heterocycles. The van der Waals surface area contributed by atoms with Crippen LogP contribution in [0.4, 0.5) is 0 Å². The number of benzene rings is 1. The van der Waals surface area contributed by atoms with Crippen LogP contribution in [0.2, 0.25) is 5.02 Å². The molecule has 1 heterocycles. The molecule has 0 aliphatic carbocycles. The zero-order chi connectivity index (χ0) is 11.0. The zero-order valence-corrected chi connectivity index (χ0v) is 9.54. The van der Waals surface area contributed by atoms with E-state index < -0.39 is 0 Å². The van der Waals surface area contributed by atoms with Crippen molar-refractivity contribution in [2.24, 2.45) is 5.92 Å². The van der Waals surface area contributed by atoms with E-state index in [0.717, 1.165) is 11.3 Å². The van der Waals surface area contributed by atoms with Crippen molar-refractivity contribution < 1.29 is 9.53 Å². The molecule has 0 radical (unpaired) electrons. The first-order valence-corrected chi connectivity index (χ1v) is 5.44. The van der Waals surface area contributed by atoms with E-state index in [9.17, 15) is 4.79 Å². The van der Waals surface area contributed by atoms with Gasteiger partial charge in [0.15, 0.2) is 11.9 Å². The van der Waals surface area contributed by atoms with Crippen molar-refractivity contribution in [3.05, 3.63) is 28.8 Å². The summed E-state index contributed by atoms with van der Waals surface area (Å²) >= 11 is 5.87. The predicted octanol–water partition coefficient (Wildman–Crippen LogP) is 2.87. The summed E-state index contributed by atoms with van der Waals surface area (Å²) in [5, 5.41) is 0.690. The highest BCUT2D eigenvalue weighted by Crippen LogP contribution is 2.32. The van der Waals surface area contributed by atoms with E-state index in [4.69, 9.17) is 16.3 Å². The first-order chi connectivity index (χ1) is 7.08. The van der Waals surface area contributed by atoms with Crippen molar-refractivity contribution in [1.82, 2.24) is 0 Å². The van der Waals surface area contributed by atoms with Crippen molar-refractivity contribution in [3.8, 4) is 5.75 Å². The Morgan fingerprint density at radius 3 is 2.93 bits per heavy atom. The molecule has 0 spiro atoms. The van der Waals surface area contributed by atoms with Crippen LogP contribution < -0.4 is 4.74 Å². The Balaban J connectivity index is 2.19. The minimum Gasteiger partial charge on any atom is -0.482 e. The standard InChI is InChI=1S/C12H13ClO2/c1-7(2)12(14)11-6-8-5-9(13)3-4-10(8)15-11/h3-5,7,11H,6H2,1-2H3. The SMILES string of the molecule is CC(C)C(=O)C1Cc2cc(Cl)ccc2O1. The van der Waals surface area contributed by atoms with E-state index in [1.165, 1.54) is 0 Å². The number of ketones is 1. The molecule has 0 bridgehead atoms. The Labute approximate surface area is 94.2 Å². The van der Waals surface area contributed by atoms with Gasteiger partial charge in [0.2, 0.25) is 0 Å². The van der Waals surface area contributed by atoms with Crippen LogP contribution in [-0.2, 0) is 11.2 Å². The highest BCUT2D eigenvalue weighted by molar-refractivity contribution is 6.30. The molecule has 1 aliphatic heterocycles. The summed E-state index contributed by atoms with van der Waals surface area (Å²) in [6, 6.07) is 5.47. The van der Waals surface area contributed by atoms with Gasteiger partial charge in [-0.05, 0) is 23.8 Å². The van der Waals surface area contributed by atoms with Gasteiger partial charge >= 0.3 is 0 Å². The molecule has 0 aromatic heterocycles. The summed E-state index contributed by atoms with van der Waals surface area (Å²) < 4.78 is 5.58. The van der Waals surface area contributed by atoms with Crippen LogP contribution in [0.5, 0.6) is 5.75 Å². The number of hydrogen-bond donors (Lipinski definition) is 0. The summed E-state index contributed by atoms with van der Waals surface area (Å²) in [6.07, 6.45) is 0.325. The molecule has 0 saturated carbocycles. The number of Topliss-reactive ketones (excluding diaryl/α,β-unsaturated/α-hetero) is 1. The van der Waals surface area contributed by atoms with Gasteiger partial charge < -0.3 is 4.74 Å². The molecule has 2 rings (SSSR count). The van der Waals surface area contributed by atoms with E-state index in [-0.39, 0.29) is 17.8 Å². The monoisotopic (exact) mass is 224 g/mol. The highest BCUT2D eigenvalue weighted by atomic mass is 35.5. The Bertz CT molecular complexity index is 399. The third-order valence-corrected chi connectivity index (χ3v) is 2.82. The first kappa shape index (κ1) is 10.5. The van der Waals surface area contributed by atoms with E-state index in [1.807, 2.05) is 26.0 Å². The summed E-state index contributed by atoms with van der Waals surface area (Å²) in [6.45, 7) is 3.78. The minimum absolute atomic E-state index is 0.0137. The molecule has 1 atom stereocenters. The fourth-order valence-electron chi connectivity index (χ4n) is 1.75. The van der Waals surface area contributed by atoms with Crippen LogP contribution >= 0.6 is 11.6 Å². The van der Waals surface area contributed by atoms with E-state index in [1.54, 1.807) is 6.07 Å².